The molecule has 0 saturated carbocycles. The molecule has 2 rings (SSSR count). The third-order valence-electron chi connectivity index (χ3n) is 3.90. The summed E-state index contributed by atoms with van der Waals surface area (Å²) in [7, 11) is 0. The van der Waals surface area contributed by atoms with E-state index in [1.165, 1.54) is 0 Å². The minimum atomic E-state index is 0. The Morgan fingerprint density at radius 1 is 1.14 bits per heavy atom. The number of nitrogens with zero attached hydrogens (tertiary/aromatic N) is 1. The molecule has 1 heterocycles. The number of rotatable bonds is 2. The van der Waals surface area contributed by atoms with E-state index in [-0.39, 0.29) is 36.3 Å². The van der Waals surface area contributed by atoms with Crippen molar-refractivity contribution in [3.05, 3.63) is 29.3 Å². The SMILES string of the molecule is Cc1cccc([C@@H](N2CCNCC2)C(C)(C)C)c1O.Cl.Cl. The van der Waals surface area contributed by atoms with E-state index in [1.807, 2.05) is 19.1 Å². The summed E-state index contributed by atoms with van der Waals surface area (Å²) in [5.74, 6) is 0.459. The molecule has 0 radical (unpaired) electrons. The van der Waals surface area contributed by atoms with Gasteiger partial charge in [0.1, 0.15) is 5.75 Å². The summed E-state index contributed by atoms with van der Waals surface area (Å²) in [4.78, 5) is 2.49. The number of aryl methyl sites for hydroxylation is 1. The highest BCUT2D eigenvalue weighted by atomic mass is 35.5. The molecule has 1 aliphatic rings. The molecule has 1 saturated heterocycles. The first-order chi connectivity index (χ1) is 8.91. The van der Waals surface area contributed by atoms with Gasteiger partial charge in [0, 0.05) is 37.8 Å². The van der Waals surface area contributed by atoms with Crippen LogP contribution in [0.15, 0.2) is 18.2 Å². The maximum absolute atomic E-state index is 10.4. The van der Waals surface area contributed by atoms with Crippen LogP contribution in [0.5, 0.6) is 5.75 Å². The largest absolute Gasteiger partial charge is 0.507 e. The molecule has 0 unspecified atom stereocenters. The number of halogens is 2. The van der Waals surface area contributed by atoms with Crippen LogP contribution < -0.4 is 5.32 Å². The quantitative estimate of drug-likeness (QED) is 0.868. The summed E-state index contributed by atoms with van der Waals surface area (Å²) < 4.78 is 0. The van der Waals surface area contributed by atoms with Gasteiger partial charge in [0.15, 0.2) is 0 Å². The molecule has 1 atom stereocenters. The Balaban J connectivity index is 0.00000200. The van der Waals surface area contributed by atoms with E-state index in [4.69, 9.17) is 0 Å². The predicted octanol–water partition coefficient (Wildman–Crippen LogP) is 3.54. The van der Waals surface area contributed by atoms with Crippen molar-refractivity contribution in [2.45, 2.75) is 33.7 Å². The molecule has 0 spiro atoms. The fourth-order valence-corrected chi connectivity index (χ4v) is 3.05. The first-order valence-corrected chi connectivity index (χ1v) is 7.14. The van der Waals surface area contributed by atoms with Crippen molar-refractivity contribution in [2.24, 2.45) is 5.41 Å². The van der Waals surface area contributed by atoms with Gasteiger partial charge in [0.25, 0.3) is 0 Å². The van der Waals surface area contributed by atoms with Crippen LogP contribution in [0.3, 0.4) is 0 Å². The highest BCUT2D eigenvalue weighted by Gasteiger charge is 2.34. The van der Waals surface area contributed by atoms with E-state index in [0.717, 1.165) is 37.3 Å². The summed E-state index contributed by atoms with van der Waals surface area (Å²) in [5, 5.41) is 13.8. The summed E-state index contributed by atoms with van der Waals surface area (Å²) in [5.41, 5.74) is 2.12. The average molecular weight is 335 g/mol. The van der Waals surface area contributed by atoms with Crippen LogP contribution in [0, 0.1) is 12.3 Å². The number of piperazine rings is 1. The summed E-state index contributed by atoms with van der Waals surface area (Å²) in [6.07, 6.45) is 0. The lowest BCUT2D eigenvalue weighted by molar-refractivity contribution is 0.0842. The normalized spacial score (nSPS) is 17.5. The Morgan fingerprint density at radius 3 is 2.24 bits per heavy atom. The van der Waals surface area contributed by atoms with Crippen LogP contribution in [0.1, 0.15) is 37.9 Å². The second-order valence-electron chi connectivity index (χ2n) is 6.57. The van der Waals surface area contributed by atoms with E-state index in [0.29, 0.717) is 5.75 Å². The number of para-hydroxylation sites is 1. The third-order valence-corrected chi connectivity index (χ3v) is 3.90. The van der Waals surface area contributed by atoms with Gasteiger partial charge < -0.3 is 10.4 Å². The zero-order valence-electron chi connectivity index (χ0n) is 13.3. The summed E-state index contributed by atoms with van der Waals surface area (Å²) in [6, 6.07) is 6.34. The molecule has 1 aromatic carbocycles. The van der Waals surface area contributed by atoms with Gasteiger partial charge in [-0.05, 0) is 17.9 Å². The fourth-order valence-electron chi connectivity index (χ4n) is 3.05. The second kappa shape index (κ2) is 8.23. The first-order valence-electron chi connectivity index (χ1n) is 7.14. The molecule has 3 nitrogen and oxygen atoms in total. The molecule has 122 valence electrons. The van der Waals surface area contributed by atoms with E-state index in [9.17, 15) is 5.11 Å². The Labute approximate surface area is 140 Å². The predicted molar refractivity (Wildman–Crippen MR) is 94.0 cm³/mol. The number of phenolic OH excluding ortho intramolecular Hbond substituents is 1. The van der Waals surface area contributed by atoms with Crippen LogP contribution in [0.4, 0.5) is 0 Å². The smallest absolute Gasteiger partial charge is 0.123 e. The van der Waals surface area contributed by atoms with Gasteiger partial charge in [0.05, 0.1) is 0 Å². The van der Waals surface area contributed by atoms with Crippen molar-refractivity contribution in [2.75, 3.05) is 26.2 Å². The molecule has 1 fully saturated rings. The number of benzene rings is 1. The Morgan fingerprint density at radius 2 is 1.71 bits per heavy atom. The highest BCUT2D eigenvalue weighted by Crippen LogP contribution is 2.42. The molecule has 0 aliphatic carbocycles. The van der Waals surface area contributed by atoms with Gasteiger partial charge in [0.2, 0.25) is 0 Å². The molecule has 0 bridgehead atoms. The molecule has 1 aromatic rings. The zero-order valence-corrected chi connectivity index (χ0v) is 15.0. The third kappa shape index (κ3) is 4.75. The molecule has 0 amide bonds. The molecular formula is C16H28Cl2N2O. The lowest BCUT2D eigenvalue weighted by Gasteiger charge is -2.43. The first kappa shape index (κ1) is 20.5. The Bertz CT molecular complexity index is 440. The maximum Gasteiger partial charge on any atom is 0.123 e. The van der Waals surface area contributed by atoms with Gasteiger partial charge in [-0.15, -0.1) is 24.8 Å². The van der Waals surface area contributed by atoms with Crippen LogP contribution in [-0.2, 0) is 0 Å². The number of nitrogens with one attached hydrogen (secondary N) is 1. The highest BCUT2D eigenvalue weighted by molar-refractivity contribution is 5.85. The van der Waals surface area contributed by atoms with Gasteiger partial charge in [-0.3, -0.25) is 4.90 Å². The second-order valence-corrected chi connectivity index (χ2v) is 6.57. The van der Waals surface area contributed by atoms with E-state index in [1.54, 1.807) is 0 Å². The van der Waals surface area contributed by atoms with E-state index < -0.39 is 0 Å². The van der Waals surface area contributed by atoms with Crippen molar-refractivity contribution in [3.8, 4) is 5.75 Å². The number of phenols is 1. The summed E-state index contributed by atoms with van der Waals surface area (Å²) >= 11 is 0. The number of aromatic hydroxyl groups is 1. The molecular weight excluding hydrogens is 307 g/mol. The lowest BCUT2D eigenvalue weighted by atomic mass is 9.80. The fraction of sp³-hybridized carbons (Fsp3) is 0.625. The van der Waals surface area contributed by atoms with E-state index >= 15 is 0 Å². The van der Waals surface area contributed by atoms with Gasteiger partial charge in [-0.25, -0.2) is 0 Å². The van der Waals surface area contributed by atoms with Crippen molar-refractivity contribution < 1.29 is 5.11 Å². The van der Waals surface area contributed by atoms with Crippen LogP contribution in [0.25, 0.3) is 0 Å². The molecule has 0 aromatic heterocycles. The monoisotopic (exact) mass is 334 g/mol. The standard InChI is InChI=1S/C16H26N2O.2ClH/c1-12-6-5-7-13(14(12)19)15(16(2,3)4)18-10-8-17-9-11-18;;/h5-7,15,17,19H,8-11H2,1-4H3;2*1H/t15-;;/m1../s1. The van der Waals surface area contributed by atoms with Gasteiger partial charge in [-0.1, -0.05) is 39.0 Å². The minimum Gasteiger partial charge on any atom is -0.507 e. The van der Waals surface area contributed by atoms with Crippen LogP contribution in [0.2, 0.25) is 0 Å². The number of hydrogen-bond acceptors (Lipinski definition) is 3. The van der Waals surface area contributed by atoms with Crippen molar-refractivity contribution in [1.29, 1.82) is 0 Å². The Hall–Kier alpha value is -0.480. The van der Waals surface area contributed by atoms with Crippen molar-refractivity contribution in [1.82, 2.24) is 10.2 Å². The molecule has 2 N–H and O–H groups in total. The van der Waals surface area contributed by atoms with Crippen molar-refractivity contribution >= 4 is 24.8 Å². The van der Waals surface area contributed by atoms with Gasteiger partial charge in [-0.2, -0.15) is 0 Å². The summed E-state index contributed by atoms with van der Waals surface area (Å²) in [6.45, 7) is 12.9. The topological polar surface area (TPSA) is 35.5 Å². The average Bonchev–Trinajstić information content (AvgIpc) is 2.35. The van der Waals surface area contributed by atoms with Crippen LogP contribution in [-0.4, -0.2) is 36.2 Å². The molecule has 21 heavy (non-hydrogen) atoms. The van der Waals surface area contributed by atoms with Crippen LogP contribution >= 0.6 is 24.8 Å². The lowest BCUT2D eigenvalue weighted by Crippen LogP contribution is -2.48. The zero-order chi connectivity index (χ0) is 14.0. The Kier molecular flexibility index (Phi) is 8.04. The maximum atomic E-state index is 10.4. The van der Waals surface area contributed by atoms with Crippen molar-refractivity contribution in [3.63, 3.8) is 0 Å². The molecule has 5 heteroatoms. The number of hydrogen-bond donors (Lipinski definition) is 2. The minimum absolute atomic E-state index is 0. The van der Waals surface area contributed by atoms with Gasteiger partial charge >= 0.3 is 0 Å². The van der Waals surface area contributed by atoms with E-state index in [2.05, 4.69) is 37.1 Å². The molecule has 1 aliphatic heterocycles.